The van der Waals surface area contributed by atoms with Crippen molar-refractivity contribution in [1.29, 1.82) is 0 Å². The van der Waals surface area contributed by atoms with Crippen LogP contribution in [0.5, 0.6) is 0 Å². The number of hydrogen-bond donors (Lipinski definition) is 1. The average molecular weight is 250 g/mol. The summed E-state index contributed by atoms with van der Waals surface area (Å²) in [5.74, 6) is 1.94. The summed E-state index contributed by atoms with van der Waals surface area (Å²) < 4.78 is 0. The fourth-order valence-corrected chi connectivity index (χ4v) is 4.49. The first kappa shape index (κ1) is 12.9. The van der Waals surface area contributed by atoms with E-state index in [0.29, 0.717) is 0 Å². The van der Waals surface area contributed by atoms with E-state index in [1.807, 2.05) is 0 Å². The van der Waals surface area contributed by atoms with Gasteiger partial charge in [0.2, 0.25) is 0 Å². The lowest BCUT2D eigenvalue weighted by atomic mass is 9.83. The first-order valence-electron chi connectivity index (χ1n) is 8.30. The van der Waals surface area contributed by atoms with Crippen molar-refractivity contribution in [3.05, 3.63) is 0 Å². The first-order chi connectivity index (χ1) is 8.83. The van der Waals surface area contributed by atoms with Gasteiger partial charge in [-0.25, -0.2) is 0 Å². The summed E-state index contributed by atoms with van der Waals surface area (Å²) in [7, 11) is 0. The molecule has 0 amide bonds. The first-order valence-corrected chi connectivity index (χ1v) is 8.30. The average Bonchev–Trinajstić information content (AvgIpc) is 2.87. The lowest BCUT2D eigenvalue weighted by molar-refractivity contribution is 0.108. The Hall–Kier alpha value is -0.0800. The number of piperazine rings is 1. The molecule has 0 radical (unpaired) electrons. The second kappa shape index (κ2) is 5.92. The molecule has 2 heteroatoms. The summed E-state index contributed by atoms with van der Waals surface area (Å²) >= 11 is 0. The van der Waals surface area contributed by atoms with Gasteiger partial charge >= 0.3 is 0 Å². The Morgan fingerprint density at radius 2 is 1.83 bits per heavy atom. The summed E-state index contributed by atoms with van der Waals surface area (Å²) in [6, 6.07) is 1.71. The molecule has 2 nitrogen and oxygen atoms in total. The highest BCUT2D eigenvalue weighted by atomic mass is 15.2. The molecule has 3 aliphatic rings. The molecule has 3 atom stereocenters. The third kappa shape index (κ3) is 2.91. The van der Waals surface area contributed by atoms with E-state index in [-0.39, 0.29) is 0 Å². The van der Waals surface area contributed by atoms with Crippen molar-refractivity contribution in [2.45, 2.75) is 70.4 Å². The van der Waals surface area contributed by atoms with Crippen LogP contribution in [0, 0.1) is 11.8 Å². The standard InChI is InChI=1S/C16H30N2/c1-13-7-8-15(11-13)18-10-9-17-16(12-18)14-5-3-2-4-6-14/h13-17H,2-12H2,1H3. The molecule has 1 aliphatic heterocycles. The van der Waals surface area contributed by atoms with E-state index >= 15 is 0 Å². The maximum Gasteiger partial charge on any atom is 0.0223 e. The molecule has 0 aromatic rings. The van der Waals surface area contributed by atoms with E-state index < -0.39 is 0 Å². The molecule has 3 rings (SSSR count). The molecule has 3 unspecified atom stereocenters. The van der Waals surface area contributed by atoms with Gasteiger partial charge in [0.05, 0.1) is 0 Å². The van der Waals surface area contributed by atoms with Gasteiger partial charge in [0, 0.05) is 31.7 Å². The summed E-state index contributed by atoms with van der Waals surface area (Å²) in [5, 5.41) is 3.81. The molecule has 3 fully saturated rings. The van der Waals surface area contributed by atoms with Crippen molar-refractivity contribution in [3.8, 4) is 0 Å². The zero-order chi connectivity index (χ0) is 12.4. The van der Waals surface area contributed by atoms with Crippen molar-refractivity contribution in [3.63, 3.8) is 0 Å². The summed E-state index contributed by atoms with van der Waals surface area (Å²) in [6.45, 7) is 6.29. The number of rotatable bonds is 2. The third-order valence-electron chi connectivity index (χ3n) is 5.64. The fraction of sp³-hybridized carbons (Fsp3) is 1.00. The van der Waals surface area contributed by atoms with Crippen molar-refractivity contribution < 1.29 is 0 Å². The van der Waals surface area contributed by atoms with Crippen molar-refractivity contribution in [1.82, 2.24) is 10.2 Å². The Labute approximate surface area is 113 Å². The van der Waals surface area contributed by atoms with Gasteiger partial charge in [0.25, 0.3) is 0 Å². The largest absolute Gasteiger partial charge is 0.311 e. The monoisotopic (exact) mass is 250 g/mol. The number of nitrogens with one attached hydrogen (secondary N) is 1. The normalized spacial score (nSPS) is 40.2. The zero-order valence-electron chi connectivity index (χ0n) is 12.0. The van der Waals surface area contributed by atoms with Gasteiger partial charge in [-0.2, -0.15) is 0 Å². The van der Waals surface area contributed by atoms with E-state index in [1.165, 1.54) is 71.0 Å². The number of nitrogens with zero attached hydrogens (tertiary/aromatic N) is 1. The van der Waals surface area contributed by atoms with Crippen molar-refractivity contribution in [2.75, 3.05) is 19.6 Å². The molecular formula is C16H30N2. The van der Waals surface area contributed by atoms with Gasteiger partial charge in [-0.3, -0.25) is 4.90 Å². The maximum atomic E-state index is 3.81. The minimum Gasteiger partial charge on any atom is -0.311 e. The highest BCUT2D eigenvalue weighted by molar-refractivity contribution is 4.90. The number of hydrogen-bond acceptors (Lipinski definition) is 2. The topological polar surface area (TPSA) is 15.3 Å². The molecular weight excluding hydrogens is 220 g/mol. The highest BCUT2D eigenvalue weighted by Gasteiger charge is 2.33. The van der Waals surface area contributed by atoms with Crippen LogP contribution in [-0.2, 0) is 0 Å². The van der Waals surface area contributed by atoms with Crippen LogP contribution < -0.4 is 5.32 Å². The van der Waals surface area contributed by atoms with Crippen molar-refractivity contribution in [2.24, 2.45) is 11.8 Å². The van der Waals surface area contributed by atoms with E-state index in [2.05, 4.69) is 17.1 Å². The van der Waals surface area contributed by atoms with Gasteiger partial charge in [-0.15, -0.1) is 0 Å². The lowest BCUT2D eigenvalue weighted by Crippen LogP contribution is -2.56. The minimum atomic E-state index is 0.801. The van der Waals surface area contributed by atoms with Crippen LogP contribution in [0.2, 0.25) is 0 Å². The fourth-order valence-electron chi connectivity index (χ4n) is 4.49. The quantitative estimate of drug-likeness (QED) is 0.810. The molecule has 2 saturated carbocycles. The molecule has 1 saturated heterocycles. The molecule has 0 aromatic heterocycles. The van der Waals surface area contributed by atoms with Crippen LogP contribution in [0.4, 0.5) is 0 Å². The van der Waals surface area contributed by atoms with E-state index in [1.54, 1.807) is 0 Å². The Morgan fingerprint density at radius 3 is 2.56 bits per heavy atom. The molecule has 104 valence electrons. The molecule has 2 aliphatic carbocycles. The second-order valence-corrected chi connectivity index (χ2v) is 7.03. The van der Waals surface area contributed by atoms with Crippen LogP contribution in [0.25, 0.3) is 0 Å². The Balaban J connectivity index is 1.54. The smallest absolute Gasteiger partial charge is 0.0223 e. The van der Waals surface area contributed by atoms with E-state index in [9.17, 15) is 0 Å². The van der Waals surface area contributed by atoms with Gasteiger partial charge in [-0.05, 0) is 43.9 Å². The van der Waals surface area contributed by atoms with Gasteiger partial charge < -0.3 is 5.32 Å². The molecule has 1 heterocycles. The zero-order valence-corrected chi connectivity index (χ0v) is 12.0. The predicted molar refractivity (Wildman–Crippen MR) is 76.7 cm³/mol. The van der Waals surface area contributed by atoms with E-state index in [0.717, 1.165) is 23.9 Å². The maximum absolute atomic E-state index is 3.81. The van der Waals surface area contributed by atoms with Gasteiger partial charge in [0.15, 0.2) is 0 Å². The Kier molecular flexibility index (Phi) is 4.25. The molecule has 0 aromatic carbocycles. The summed E-state index contributed by atoms with van der Waals surface area (Å²) in [5.41, 5.74) is 0. The molecule has 0 bridgehead atoms. The molecule has 18 heavy (non-hydrogen) atoms. The third-order valence-corrected chi connectivity index (χ3v) is 5.64. The summed E-state index contributed by atoms with van der Waals surface area (Å²) in [4.78, 5) is 2.82. The predicted octanol–water partition coefficient (Wildman–Crippen LogP) is 3.03. The molecule has 0 spiro atoms. The lowest BCUT2D eigenvalue weighted by Gasteiger charge is -2.41. The second-order valence-electron chi connectivity index (χ2n) is 7.03. The minimum absolute atomic E-state index is 0.801. The Bertz CT molecular complexity index is 249. The Morgan fingerprint density at radius 1 is 1.00 bits per heavy atom. The van der Waals surface area contributed by atoms with Crippen LogP contribution >= 0.6 is 0 Å². The van der Waals surface area contributed by atoms with Crippen LogP contribution in [0.1, 0.15) is 58.3 Å². The summed E-state index contributed by atoms with van der Waals surface area (Å²) in [6.07, 6.45) is 11.8. The molecule has 1 N–H and O–H groups in total. The van der Waals surface area contributed by atoms with Crippen LogP contribution in [0.15, 0.2) is 0 Å². The highest BCUT2D eigenvalue weighted by Crippen LogP contribution is 2.32. The van der Waals surface area contributed by atoms with Crippen molar-refractivity contribution >= 4 is 0 Å². The van der Waals surface area contributed by atoms with Gasteiger partial charge in [-0.1, -0.05) is 26.2 Å². The van der Waals surface area contributed by atoms with Crippen LogP contribution in [-0.4, -0.2) is 36.6 Å². The SMILES string of the molecule is CC1CCC(N2CCNC(C3CCCCC3)C2)C1. The van der Waals surface area contributed by atoms with E-state index in [4.69, 9.17) is 0 Å². The van der Waals surface area contributed by atoms with Crippen LogP contribution in [0.3, 0.4) is 0 Å². The van der Waals surface area contributed by atoms with Gasteiger partial charge in [0.1, 0.15) is 0 Å².